The third-order valence-electron chi connectivity index (χ3n) is 6.75. The number of aromatic nitrogens is 3. The summed E-state index contributed by atoms with van der Waals surface area (Å²) in [6, 6.07) is 14.9. The fourth-order valence-electron chi connectivity index (χ4n) is 5.25. The molecule has 2 aliphatic rings. The van der Waals surface area contributed by atoms with E-state index in [0.717, 1.165) is 22.2 Å². The summed E-state index contributed by atoms with van der Waals surface area (Å²) < 4.78 is 1.90. The Labute approximate surface area is 178 Å². The fourth-order valence-corrected chi connectivity index (χ4v) is 5.25. The van der Waals surface area contributed by atoms with Gasteiger partial charge in [0.25, 0.3) is 5.91 Å². The Hall–Kier alpha value is -3.87. The largest absolute Gasteiger partial charge is 0.361 e. The molecule has 7 nitrogen and oxygen atoms in total. The molecule has 1 saturated heterocycles. The molecular weight excluding hydrogens is 390 g/mol. The van der Waals surface area contributed by atoms with Crippen molar-refractivity contribution in [1.29, 1.82) is 0 Å². The van der Waals surface area contributed by atoms with E-state index in [9.17, 15) is 9.59 Å². The number of nitrogens with one attached hydrogen (secondary N) is 2. The Bertz CT molecular complexity index is 1350. The lowest BCUT2D eigenvalue weighted by molar-refractivity contribution is -0.121. The maximum Gasteiger partial charge on any atom is 0.254 e. The molecule has 0 saturated carbocycles. The monoisotopic (exact) mass is 411 g/mol. The number of carbonyl (C=O) groups excluding carboxylic acids is 2. The maximum atomic E-state index is 13.7. The number of hydrogen-bond donors (Lipinski definition) is 2. The number of hydrogen-bond acceptors (Lipinski definition) is 3. The molecule has 2 N–H and O–H groups in total. The molecule has 1 spiro atoms. The van der Waals surface area contributed by atoms with Crippen LogP contribution in [0, 0.1) is 0 Å². The van der Waals surface area contributed by atoms with Crippen LogP contribution in [0.1, 0.15) is 34.2 Å². The molecule has 0 radical (unpaired) electrons. The molecule has 6 rings (SSSR count). The van der Waals surface area contributed by atoms with Crippen LogP contribution in [-0.4, -0.2) is 37.8 Å². The van der Waals surface area contributed by atoms with Crippen LogP contribution in [0.3, 0.4) is 0 Å². The van der Waals surface area contributed by atoms with E-state index in [1.165, 1.54) is 0 Å². The van der Waals surface area contributed by atoms with Crippen molar-refractivity contribution in [2.24, 2.45) is 7.05 Å². The molecule has 2 aromatic heterocycles. The number of H-pyrrole nitrogens is 1. The lowest BCUT2D eigenvalue weighted by Crippen LogP contribution is -2.43. The number of fused-ring (bicyclic) bond motifs is 3. The van der Waals surface area contributed by atoms with E-state index in [-0.39, 0.29) is 11.8 Å². The lowest BCUT2D eigenvalue weighted by atomic mass is 9.74. The molecule has 4 aromatic rings. The molecule has 4 heterocycles. The summed E-state index contributed by atoms with van der Waals surface area (Å²) in [6.07, 6.45) is 5.98. The van der Waals surface area contributed by atoms with Crippen molar-refractivity contribution in [3.8, 4) is 0 Å². The fraction of sp³-hybridized carbons (Fsp3) is 0.208. The zero-order valence-electron chi connectivity index (χ0n) is 17.0. The molecule has 0 aliphatic carbocycles. The van der Waals surface area contributed by atoms with Gasteiger partial charge in [-0.05, 0) is 41.6 Å². The maximum absolute atomic E-state index is 13.7. The molecule has 2 atom stereocenters. The van der Waals surface area contributed by atoms with E-state index in [4.69, 9.17) is 0 Å². The Morgan fingerprint density at radius 3 is 2.90 bits per heavy atom. The summed E-state index contributed by atoms with van der Waals surface area (Å²) in [6.45, 7) is 0.473. The first-order valence-electron chi connectivity index (χ1n) is 10.4. The van der Waals surface area contributed by atoms with Crippen LogP contribution < -0.4 is 5.32 Å². The number of amides is 2. The molecule has 0 bridgehead atoms. The molecule has 1 fully saturated rings. The first-order chi connectivity index (χ1) is 15.1. The first-order valence-corrected chi connectivity index (χ1v) is 10.4. The van der Waals surface area contributed by atoms with Crippen molar-refractivity contribution in [3.63, 3.8) is 0 Å². The zero-order chi connectivity index (χ0) is 21.2. The Morgan fingerprint density at radius 1 is 1.19 bits per heavy atom. The molecule has 7 heteroatoms. The van der Waals surface area contributed by atoms with Crippen molar-refractivity contribution in [2.75, 3.05) is 11.9 Å². The van der Waals surface area contributed by atoms with E-state index in [2.05, 4.69) is 15.3 Å². The number of likely N-dealkylation sites (tertiary alicyclic amines) is 1. The SMILES string of the molecule is Cn1ccnc1[C@@H]1N(C(=O)c2ccc3cc[nH]c3c2)CC[C@]12C(=O)Nc1ccccc12. The lowest BCUT2D eigenvalue weighted by Gasteiger charge is -2.33. The average molecular weight is 411 g/mol. The van der Waals surface area contributed by atoms with Gasteiger partial charge < -0.3 is 19.8 Å². The molecule has 2 aromatic carbocycles. The van der Waals surface area contributed by atoms with E-state index >= 15 is 0 Å². The standard InChI is InChI=1S/C24H21N5O2/c1-28-13-11-26-21(28)20-24(17-4-2-3-5-18(17)27-23(24)31)9-12-29(20)22(30)16-7-6-15-8-10-25-19(15)14-16/h2-8,10-11,13-14,20,25H,9,12H2,1H3,(H,27,31)/t20-,24+/m0/s1. The van der Waals surface area contributed by atoms with Crippen LogP contribution >= 0.6 is 0 Å². The van der Waals surface area contributed by atoms with Crippen LogP contribution in [0.2, 0.25) is 0 Å². The number of benzene rings is 2. The Kier molecular flexibility index (Phi) is 3.65. The highest BCUT2D eigenvalue weighted by Crippen LogP contribution is 2.54. The van der Waals surface area contributed by atoms with Crippen LogP contribution in [-0.2, 0) is 17.3 Å². The molecule has 0 unspecified atom stereocenters. The summed E-state index contributed by atoms with van der Waals surface area (Å²) in [5.41, 5.74) is 2.40. The molecule has 154 valence electrons. The average Bonchev–Trinajstić information content (AvgIpc) is 3.54. The number of para-hydroxylation sites is 1. The second-order valence-corrected chi connectivity index (χ2v) is 8.30. The quantitative estimate of drug-likeness (QED) is 0.530. The predicted octanol–water partition coefficient (Wildman–Crippen LogP) is 3.38. The summed E-state index contributed by atoms with van der Waals surface area (Å²) >= 11 is 0. The minimum absolute atomic E-state index is 0.0724. The van der Waals surface area contributed by atoms with Crippen molar-refractivity contribution in [2.45, 2.75) is 17.9 Å². The summed E-state index contributed by atoms with van der Waals surface area (Å²) in [5, 5.41) is 4.10. The third-order valence-corrected chi connectivity index (χ3v) is 6.75. The molecule has 2 amide bonds. The number of anilines is 1. The van der Waals surface area contributed by atoms with Gasteiger partial charge in [0.1, 0.15) is 17.3 Å². The van der Waals surface area contributed by atoms with Gasteiger partial charge in [0.05, 0.1) is 0 Å². The summed E-state index contributed by atoms with van der Waals surface area (Å²) in [7, 11) is 1.90. The first kappa shape index (κ1) is 17.9. The number of aromatic amines is 1. The normalized spacial score (nSPS) is 22.3. The van der Waals surface area contributed by atoms with Crippen molar-refractivity contribution < 1.29 is 9.59 Å². The van der Waals surface area contributed by atoms with E-state index in [1.807, 2.05) is 77.4 Å². The van der Waals surface area contributed by atoms with Crippen LogP contribution in [0.4, 0.5) is 5.69 Å². The number of imidazole rings is 1. The summed E-state index contributed by atoms with van der Waals surface area (Å²) in [5.74, 6) is 0.536. The van der Waals surface area contributed by atoms with Crippen molar-refractivity contribution >= 4 is 28.4 Å². The highest BCUT2D eigenvalue weighted by molar-refractivity contribution is 6.08. The van der Waals surface area contributed by atoms with Gasteiger partial charge in [0.2, 0.25) is 5.91 Å². The van der Waals surface area contributed by atoms with Crippen LogP contribution in [0.5, 0.6) is 0 Å². The predicted molar refractivity (Wildman–Crippen MR) is 117 cm³/mol. The van der Waals surface area contributed by atoms with E-state index in [1.54, 1.807) is 6.20 Å². The van der Waals surface area contributed by atoms with Gasteiger partial charge in [-0.2, -0.15) is 0 Å². The second-order valence-electron chi connectivity index (χ2n) is 8.30. The highest BCUT2D eigenvalue weighted by atomic mass is 16.2. The smallest absolute Gasteiger partial charge is 0.254 e. The van der Waals surface area contributed by atoms with Crippen molar-refractivity contribution in [1.82, 2.24) is 19.4 Å². The van der Waals surface area contributed by atoms with E-state index in [0.29, 0.717) is 24.4 Å². The Balaban J connectivity index is 1.51. The van der Waals surface area contributed by atoms with Gasteiger partial charge in [-0.15, -0.1) is 0 Å². The number of nitrogens with zero attached hydrogens (tertiary/aromatic N) is 3. The molecular formula is C24H21N5O2. The number of aryl methyl sites for hydroxylation is 1. The molecule has 31 heavy (non-hydrogen) atoms. The van der Waals surface area contributed by atoms with Crippen LogP contribution in [0.25, 0.3) is 10.9 Å². The third kappa shape index (κ3) is 2.37. The van der Waals surface area contributed by atoms with Gasteiger partial charge >= 0.3 is 0 Å². The number of carbonyl (C=O) groups is 2. The van der Waals surface area contributed by atoms with Gasteiger partial charge in [-0.1, -0.05) is 24.3 Å². The minimum atomic E-state index is -0.859. The van der Waals surface area contributed by atoms with Gasteiger partial charge in [-0.3, -0.25) is 9.59 Å². The van der Waals surface area contributed by atoms with Crippen LogP contribution in [0.15, 0.2) is 67.1 Å². The number of rotatable bonds is 2. The van der Waals surface area contributed by atoms with Gasteiger partial charge in [0.15, 0.2) is 0 Å². The second kappa shape index (κ2) is 6.31. The van der Waals surface area contributed by atoms with Crippen molar-refractivity contribution in [3.05, 3.63) is 84.1 Å². The summed E-state index contributed by atoms with van der Waals surface area (Å²) in [4.78, 5) is 36.7. The van der Waals surface area contributed by atoms with Gasteiger partial charge in [-0.25, -0.2) is 4.98 Å². The van der Waals surface area contributed by atoms with Gasteiger partial charge in [0, 0.05) is 49.0 Å². The topological polar surface area (TPSA) is 83.0 Å². The minimum Gasteiger partial charge on any atom is -0.361 e. The highest BCUT2D eigenvalue weighted by Gasteiger charge is 2.60. The zero-order valence-corrected chi connectivity index (χ0v) is 17.0. The van der Waals surface area contributed by atoms with E-state index < -0.39 is 11.5 Å². The Morgan fingerprint density at radius 2 is 2.06 bits per heavy atom. The molecule has 2 aliphatic heterocycles.